The minimum absolute atomic E-state index is 0.0472. The minimum Gasteiger partial charge on any atom is -0.399 e. The Morgan fingerprint density at radius 1 is 1.30 bits per heavy atom. The molecule has 0 aliphatic carbocycles. The van der Waals surface area contributed by atoms with E-state index < -0.39 is 0 Å². The fourth-order valence-corrected chi connectivity index (χ4v) is 2.31. The summed E-state index contributed by atoms with van der Waals surface area (Å²) in [6.07, 6.45) is 3.19. The molecule has 0 bridgehead atoms. The predicted octanol–water partition coefficient (Wildman–Crippen LogP) is 1.15. The molecule has 2 rings (SSSR count). The number of likely N-dealkylation sites (tertiary alicyclic amines) is 1. The molecule has 2 unspecified atom stereocenters. The van der Waals surface area contributed by atoms with E-state index >= 15 is 0 Å². The number of ether oxygens (including phenoxy) is 2. The number of hydrogen-bond acceptors (Lipinski definition) is 4. The second-order valence-corrected chi connectivity index (χ2v) is 4.79. The zero-order valence-electron chi connectivity index (χ0n) is 11.8. The summed E-state index contributed by atoms with van der Waals surface area (Å²) in [6, 6.07) is 7.40. The van der Waals surface area contributed by atoms with Crippen molar-refractivity contribution in [2.45, 2.75) is 12.2 Å². The van der Waals surface area contributed by atoms with E-state index in [-0.39, 0.29) is 18.1 Å². The molecule has 2 atom stereocenters. The van der Waals surface area contributed by atoms with Gasteiger partial charge in [0.2, 0.25) is 5.91 Å². The summed E-state index contributed by atoms with van der Waals surface area (Å²) >= 11 is 0. The molecule has 5 heteroatoms. The lowest BCUT2D eigenvalue weighted by molar-refractivity contribution is -0.125. The average molecular weight is 276 g/mol. The van der Waals surface area contributed by atoms with Crippen LogP contribution in [0.25, 0.3) is 6.08 Å². The third-order valence-electron chi connectivity index (χ3n) is 3.46. The van der Waals surface area contributed by atoms with Crippen molar-refractivity contribution in [2.75, 3.05) is 33.0 Å². The van der Waals surface area contributed by atoms with Gasteiger partial charge in [-0.25, -0.2) is 0 Å². The van der Waals surface area contributed by atoms with E-state index in [1.807, 2.05) is 24.3 Å². The summed E-state index contributed by atoms with van der Waals surface area (Å²) in [4.78, 5) is 13.9. The standard InChI is InChI=1S/C15H20N2O3/c1-19-13-9-17(10-14(13)20-2)15(18)7-6-11-4-3-5-12(16)8-11/h3-8,13-14H,9-10,16H2,1-2H3/b7-6+. The van der Waals surface area contributed by atoms with Crippen LogP contribution in [0.1, 0.15) is 5.56 Å². The number of anilines is 1. The highest BCUT2D eigenvalue weighted by molar-refractivity contribution is 5.92. The van der Waals surface area contributed by atoms with Crippen molar-refractivity contribution in [2.24, 2.45) is 0 Å². The topological polar surface area (TPSA) is 64.8 Å². The van der Waals surface area contributed by atoms with Gasteiger partial charge >= 0.3 is 0 Å². The Labute approximate surface area is 119 Å². The zero-order valence-corrected chi connectivity index (χ0v) is 11.8. The third kappa shape index (κ3) is 3.37. The summed E-state index contributed by atoms with van der Waals surface area (Å²) in [7, 11) is 3.26. The van der Waals surface area contributed by atoms with Gasteiger partial charge in [-0.3, -0.25) is 4.79 Å². The highest BCUT2D eigenvalue weighted by Crippen LogP contribution is 2.16. The second-order valence-electron chi connectivity index (χ2n) is 4.79. The zero-order chi connectivity index (χ0) is 14.5. The molecule has 1 saturated heterocycles. The first-order valence-electron chi connectivity index (χ1n) is 6.52. The van der Waals surface area contributed by atoms with Crippen LogP contribution in [0.15, 0.2) is 30.3 Å². The van der Waals surface area contributed by atoms with Crippen LogP contribution in [0.2, 0.25) is 0 Å². The summed E-state index contributed by atoms with van der Waals surface area (Å²) in [6.45, 7) is 1.10. The van der Waals surface area contributed by atoms with E-state index in [2.05, 4.69) is 0 Å². The van der Waals surface area contributed by atoms with Crippen LogP contribution < -0.4 is 5.73 Å². The molecule has 1 aromatic carbocycles. The van der Waals surface area contributed by atoms with E-state index in [1.54, 1.807) is 31.3 Å². The van der Waals surface area contributed by atoms with Gasteiger partial charge in [0.25, 0.3) is 0 Å². The number of rotatable bonds is 4. The monoisotopic (exact) mass is 276 g/mol. The molecule has 1 aliphatic rings. The van der Waals surface area contributed by atoms with Crippen LogP contribution in [0.4, 0.5) is 5.69 Å². The Balaban J connectivity index is 1.99. The number of nitrogen functional groups attached to an aromatic ring is 1. The Morgan fingerprint density at radius 3 is 2.50 bits per heavy atom. The van der Waals surface area contributed by atoms with E-state index in [9.17, 15) is 4.79 Å². The molecular weight excluding hydrogens is 256 g/mol. The van der Waals surface area contributed by atoms with Crippen LogP contribution in [0.5, 0.6) is 0 Å². The normalized spacial score (nSPS) is 22.6. The first-order chi connectivity index (χ1) is 9.63. The molecule has 2 N–H and O–H groups in total. The van der Waals surface area contributed by atoms with Crippen LogP contribution in [-0.4, -0.2) is 50.3 Å². The lowest BCUT2D eigenvalue weighted by atomic mass is 10.2. The Morgan fingerprint density at radius 2 is 1.95 bits per heavy atom. The van der Waals surface area contributed by atoms with E-state index in [0.717, 1.165) is 5.56 Å². The molecule has 0 saturated carbocycles. The van der Waals surface area contributed by atoms with Gasteiger partial charge in [0.1, 0.15) is 12.2 Å². The third-order valence-corrected chi connectivity index (χ3v) is 3.46. The van der Waals surface area contributed by atoms with E-state index in [4.69, 9.17) is 15.2 Å². The van der Waals surface area contributed by atoms with Crippen LogP contribution >= 0.6 is 0 Å². The molecule has 0 spiro atoms. The summed E-state index contributed by atoms with van der Waals surface area (Å²) in [5.41, 5.74) is 7.28. The van der Waals surface area contributed by atoms with Gasteiger partial charge < -0.3 is 20.1 Å². The number of carbonyl (C=O) groups is 1. The van der Waals surface area contributed by atoms with E-state index in [0.29, 0.717) is 18.8 Å². The number of nitrogens with zero attached hydrogens (tertiary/aromatic N) is 1. The van der Waals surface area contributed by atoms with Crippen molar-refractivity contribution < 1.29 is 14.3 Å². The van der Waals surface area contributed by atoms with Gasteiger partial charge in [-0.05, 0) is 23.8 Å². The molecule has 5 nitrogen and oxygen atoms in total. The SMILES string of the molecule is COC1CN(C(=O)/C=C/c2cccc(N)c2)CC1OC. The van der Waals surface area contributed by atoms with Gasteiger partial charge in [-0.2, -0.15) is 0 Å². The number of carbonyl (C=O) groups excluding carboxylic acids is 1. The lowest BCUT2D eigenvalue weighted by Gasteiger charge is -2.13. The van der Waals surface area contributed by atoms with Crippen molar-refractivity contribution in [3.05, 3.63) is 35.9 Å². The average Bonchev–Trinajstić information content (AvgIpc) is 2.88. The van der Waals surface area contributed by atoms with Gasteiger partial charge in [-0.1, -0.05) is 12.1 Å². The lowest BCUT2D eigenvalue weighted by Crippen LogP contribution is -2.28. The quantitative estimate of drug-likeness (QED) is 0.662. The first kappa shape index (κ1) is 14.6. The largest absolute Gasteiger partial charge is 0.399 e. The summed E-state index contributed by atoms with van der Waals surface area (Å²) in [5.74, 6) is -0.0472. The molecule has 1 heterocycles. The van der Waals surface area contributed by atoms with Crippen LogP contribution in [0, 0.1) is 0 Å². The smallest absolute Gasteiger partial charge is 0.246 e. The Bertz CT molecular complexity index is 490. The van der Waals surface area contributed by atoms with Crippen molar-refractivity contribution in [1.82, 2.24) is 4.90 Å². The molecular formula is C15H20N2O3. The van der Waals surface area contributed by atoms with Gasteiger partial charge in [0, 0.05) is 39.1 Å². The maximum Gasteiger partial charge on any atom is 0.246 e. The summed E-state index contributed by atoms with van der Waals surface area (Å²) < 4.78 is 10.6. The fourth-order valence-electron chi connectivity index (χ4n) is 2.31. The summed E-state index contributed by atoms with van der Waals surface area (Å²) in [5, 5.41) is 0. The number of amides is 1. The maximum absolute atomic E-state index is 12.1. The Hall–Kier alpha value is -1.85. The van der Waals surface area contributed by atoms with Crippen LogP contribution in [-0.2, 0) is 14.3 Å². The highest BCUT2D eigenvalue weighted by atomic mass is 16.5. The molecule has 108 valence electrons. The molecule has 1 amide bonds. The molecule has 20 heavy (non-hydrogen) atoms. The van der Waals surface area contributed by atoms with Gasteiger partial charge in [0.05, 0.1) is 0 Å². The van der Waals surface area contributed by atoms with Crippen molar-refractivity contribution in [3.63, 3.8) is 0 Å². The predicted molar refractivity (Wildman–Crippen MR) is 78.1 cm³/mol. The molecule has 1 aromatic rings. The second kappa shape index (κ2) is 6.54. The number of hydrogen-bond donors (Lipinski definition) is 1. The van der Waals surface area contributed by atoms with Gasteiger partial charge in [0.15, 0.2) is 0 Å². The maximum atomic E-state index is 12.1. The molecule has 1 fully saturated rings. The van der Waals surface area contributed by atoms with Crippen molar-refractivity contribution in [1.29, 1.82) is 0 Å². The van der Waals surface area contributed by atoms with Crippen molar-refractivity contribution in [3.8, 4) is 0 Å². The first-order valence-corrected chi connectivity index (χ1v) is 6.52. The highest BCUT2D eigenvalue weighted by Gasteiger charge is 2.34. The molecule has 1 aliphatic heterocycles. The van der Waals surface area contributed by atoms with E-state index in [1.165, 1.54) is 0 Å². The molecule has 0 radical (unpaired) electrons. The Kier molecular flexibility index (Phi) is 4.76. The van der Waals surface area contributed by atoms with Gasteiger partial charge in [-0.15, -0.1) is 0 Å². The fraction of sp³-hybridized carbons (Fsp3) is 0.400. The number of benzene rings is 1. The number of methoxy groups -OCH3 is 2. The molecule has 0 aromatic heterocycles. The minimum atomic E-state index is -0.0651. The number of nitrogens with two attached hydrogens (primary N) is 1. The van der Waals surface area contributed by atoms with Crippen LogP contribution in [0.3, 0.4) is 0 Å². The van der Waals surface area contributed by atoms with Crippen molar-refractivity contribution >= 4 is 17.7 Å².